The molecule has 0 aromatic heterocycles. The van der Waals surface area contributed by atoms with E-state index in [0.717, 1.165) is 12.1 Å². The normalized spacial score (nSPS) is 27.1. The molecule has 1 aliphatic rings. The molecule has 0 aliphatic heterocycles. The molecule has 0 bridgehead atoms. The van der Waals surface area contributed by atoms with Gasteiger partial charge in [-0.05, 0) is 30.4 Å². The fourth-order valence-corrected chi connectivity index (χ4v) is 3.46. The van der Waals surface area contributed by atoms with Gasteiger partial charge in [-0.2, -0.15) is 0 Å². The molecular weight excluding hydrogens is 272 g/mol. The summed E-state index contributed by atoms with van der Waals surface area (Å²) in [6.45, 7) is 4.56. The second-order valence-corrected chi connectivity index (χ2v) is 7.69. The van der Waals surface area contributed by atoms with E-state index in [-0.39, 0.29) is 0 Å². The topological polar surface area (TPSA) is 58.2 Å². The zero-order valence-electron chi connectivity index (χ0n) is 12.4. The van der Waals surface area contributed by atoms with E-state index in [2.05, 4.69) is 23.9 Å². The van der Waals surface area contributed by atoms with E-state index >= 15 is 0 Å². The molecule has 1 aromatic carbocycles. The van der Waals surface area contributed by atoms with Crippen LogP contribution in [0.1, 0.15) is 33.1 Å². The summed E-state index contributed by atoms with van der Waals surface area (Å²) in [4.78, 5) is 0. The van der Waals surface area contributed by atoms with Crippen molar-refractivity contribution in [1.29, 1.82) is 0 Å². The van der Waals surface area contributed by atoms with Gasteiger partial charge in [0.25, 0.3) is 0 Å². The molecule has 1 aliphatic carbocycles. The first-order chi connectivity index (χ1) is 9.37. The molecule has 0 amide bonds. The number of anilines is 2. The number of hydrogen-bond donors (Lipinski definition) is 2. The van der Waals surface area contributed by atoms with Crippen molar-refractivity contribution in [3.05, 3.63) is 24.3 Å². The molecule has 112 valence electrons. The second kappa shape index (κ2) is 6.04. The smallest absolute Gasteiger partial charge is 0.229 e. The number of para-hydroxylation sites is 2. The van der Waals surface area contributed by atoms with Crippen LogP contribution < -0.4 is 10.0 Å². The Kier molecular flexibility index (Phi) is 4.58. The van der Waals surface area contributed by atoms with E-state index < -0.39 is 10.0 Å². The fraction of sp³-hybridized carbons (Fsp3) is 0.600. The van der Waals surface area contributed by atoms with Crippen LogP contribution in [0.3, 0.4) is 0 Å². The molecule has 3 unspecified atom stereocenters. The average Bonchev–Trinajstić information content (AvgIpc) is 2.35. The molecule has 3 atom stereocenters. The van der Waals surface area contributed by atoms with Crippen molar-refractivity contribution in [1.82, 2.24) is 0 Å². The van der Waals surface area contributed by atoms with Crippen LogP contribution in [0.5, 0.6) is 0 Å². The van der Waals surface area contributed by atoms with E-state index in [9.17, 15) is 8.42 Å². The first-order valence-electron chi connectivity index (χ1n) is 7.20. The average molecular weight is 296 g/mol. The molecular formula is C15H24N2O2S. The van der Waals surface area contributed by atoms with Gasteiger partial charge in [0.15, 0.2) is 0 Å². The Morgan fingerprint density at radius 3 is 2.40 bits per heavy atom. The van der Waals surface area contributed by atoms with Gasteiger partial charge in [-0.3, -0.25) is 4.72 Å². The highest BCUT2D eigenvalue weighted by Crippen LogP contribution is 2.33. The molecule has 4 nitrogen and oxygen atoms in total. The summed E-state index contributed by atoms with van der Waals surface area (Å²) < 4.78 is 25.4. The molecule has 0 radical (unpaired) electrons. The highest BCUT2D eigenvalue weighted by atomic mass is 32.2. The molecule has 5 heteroatoms. The van der Waals surface area contributed by atoms with Gasteiger partial charge in [-0.15, -0.1) is 0 Å². The molecule has 0 saturated heterocycles. The van der Waals surface area contributed by atoms with Crippen LogP contribution >= 0.6 is 0 Å². The molecule has 2 N–H and O–H groups in total. The zero-order valence-corrected chi connectivity index (χ0v) is 13.2. The van der Waals surface area contributed by atoms with Crippen LogP contribution in [-0.2, 0) is 10.0 Å². The van der Waals surface area contributed by atoms with E-state index in [1.165, 1.54) is 19.1 Å². The van der Waals surface area contributed by atoms with Gasteiger partial charge in [0.1, 0.15) is 0 Å². The molecule has 1 fully saturated rings. The summed E-state index contributed by atoms with van der Waals surface area (Å²) in [6, 6.07) is 7.89. The summed E-state index contributed by atoms with van der Waals surface area (Å²) in [7, 11) is -3.25. The fourth-order valence-electron chi connectivity index (χ4n) is 2.88. The predicted octanol–water partition coefficient (Wildman–Crippen LogP) is 3.29. The van der Waals surface area contributed by atoms with Crippen molar-refractivity contribution in [2.75, 3.05) is 16.3 Å². The lowest BCUT2D eigenvalue weighted by atomic mass is 9.78. The third kappa shape index (κ3) is 3.88. The van der Waals surface area contributed by atoms with Crippen molar-refractivity contribution in [3.8, 4) is 0 Å². The van der Waals surface area contributed by atoms with E-state index in [1.54, 1.807) is 6.07 Å². The SMILES string of the molecule is CC1CCCC(Nc2ccccc2NS(C)(=O)=O)C1C. The van der Waals surface area contributed by atoms with Crippen molar-refractivity contribution in [3.63, 3.8) is 0 Å². The predicted molar refractivity (Wildman–Crippen MR) is 84.5 cm³/mol. The second-order valence-electron chi connectivity index (χ2n) is 5.94. The number of benzene rings is 1. The minimum Gasteiger partial charge on any atom is -0.380 e. The molecule has 1 aromatic rings. The molecule has 0 heterocycles. The zero-order chi connectivity index (χ0) is 14.8. The Balaban J connectivity index is 2.17. The van der Waals surface area contributed by atoms with Crippen molar-refractivity contribution < 1.29 is 8.42 Å². The van der Waals surface area contributed by atoms with Crippen LogP contribution in [0, 0.1) is 11.8 Å². The lowest BCUT2D eigenvalue weighted by Crippen LogP contribution is -2.35. The minimum absolute atomic E-state index is 0.404. The molecule has 20 heavy (non-hydrogen) atoms. The molecule has 0 spiro atoms. The number of sulfonamides is 1. The standard InChI is InChI=1S/C15H24N2O2S/c1-11-7-6-10-13(12(11)2)16-14-8-4-5-9-15(14)17-20(3,18)19/h4-5,8-9,11-13,16-17H,6-7,10H2,1-3H3. The summed E-state index contributed by atoms with van der Waals surface area (Å²) in [6.07, 6.45) is 4.82. The van der Waals surface area contributed by atoms with Crippen LogP contribution in [0.2, 0.25) is 0 Å². The van der Waals surface area contributed by atoms with Crippen molar-refractivity contribution in [2.45, 2.75) is 39.2 Å². The minimum atomic E-state index is -3.25. The van der Waals surface area contributed by atoms with Gasteiger partial charge >= 0.3 is 0 Å². The van der Waals surface area contributed by atoms with Gasteiger partial charge < -0.3 is 5.32 Å². The van der Waals surface area contributed by atoms with E-state index in [1.807, 2.05) is 18.2 Å². The van der Waals surface area contributed by atoms with Gasteiger partial charge in [0.2, 0.25) is 10.0 Å². The highest BCUT2D eigenvalue weighted by molar-refractivity contribution is 7.92. The summed E-state index contributed by atoms with van der Waals surface area (Å²) in [5.41, 5.74) is 1.49. The maximum atomic E-state index is 11.4. The maximum absolute atomic E-state index is 11.4. The number of hydrogen-bond acceptors (Lipinski definition) is 3. The lowest BCUT2D eigenvalue weighted by molar-refractivity contribution is 0.253. The number of rotatable bonds is 4. The summed E-state index contributed by atoms with van der Waals surface area (Å²) in [5, 5.41) is 3.53. The first kappa shape index (κ1) is 15.2. The van der Waals surface area contributed by atoms with Crippen LogP contribution in [0.15, 0.2) is 24.3 Å². The molecule has 2 rings (SSSR count). The Labute approximate surface area is 122 Å². The lowest BCUT2D eigenvalue weighted by Gasteiger charge is -2.35. The van der Waals surface area contributed by atoms with Crippen LogP contribution in [0.25, 0.3) is 0 Å². The van der Waals surface area contributed by atoms with E-state index in [4.69, 9.17) is 0 Å². The Morgan fingerprint density at radius 2 is 1.75 bits per heavy atom. The maximum Gasteiger partial charge on any atom is 0.229 e. The third-order valence-corrected chi connectivity index (χ3v) is 4.86. The van der Waals surface area contributed by atoms with Crippen molar-refractivity contribution in [2.24, 2.45) is 11.8 Å². The largest absolute Gasteiger partial charge is 0.380 e. The summed E-state index contributed by atoms with van der Waals surface area (Å²) >= 11 is 0. The monoisotopic (exact) mass is 296 g/mol. The first-order valence-corrected chi connectivity index (χ1v) is 9.09. The Hall–Kier alpha value is -1.23. The quantitative estimate of drug-likeness (QED) is 0.896. The van der Waals surface area contributed by atoms with Gasteiger partial charge in [0.05, 0.1) is 17.6 Å². The van der Waals surface area contributed by atoms with Gasteiger partial charge in [0, 0.05) is 6.04 Å². The molecule has 1 saturated carbocycles. The summed E-state index contributed by atoms with van der Waals surface area (Å²) in [5.74, 6) is 1.30. The Morgan fingerprint density at radius 1 is 1.10 bits per heavy atom. The highest BCUT2D eigenvalue weighted by Gasteiger charge is 2.27. The van der Waals surface area contributed by atoms with E-state index in [0.29, 0.717) is 23.6 Å². The Bertz CT molecular complexity index is 557. The van der Waals surface area contributed by atoms with Crippen molar-refractivity contribution >= 4 is 21.4 Å². The van der Waals surface area contributed by atoms with Gasteiger partial charge in [-0.25, -0.2) is 8.42 Å². The third-order valence-electron chi connectivity index (χ3n) is 4.27. The number of nitrogens with one attached hydrogen (secondary N) is 2. The van der Waals surface area contributed by atoms with Crippen LogP contribution in [0.4, 0.5) is 11.4 Å². The van der Waals surface area contributed by atoms with Gasteiger partial charge in [-0.1, -0.05) is 38.8 Å². The van der Waals surface area contributed by atoms with Crippen LogP contribution in [-0.4, -0.2) is 20.7 Å².